The highest BCUT2D eigenvalue weighted by molar-refractivity contribution is 4.66. The second-order valence-electron chi connectivity index (χ2n) is 1.51. The van der Waals surface area contributed by atoms with Gasteiger partial charge in [0.1, 0.15) is 0 Å². The van der Waals surface area contributed by atoms with Crippen molar-refractivity contribution in [3.8, 4) is 0 Å². The van der Waals surface area contributed by atoms with Gasteiger partial charge in [-0.25, -0.2) is 0 Å². The van der Waals surface area contributed by atoms with Crippen LogP contribution in [0.5, 0.6) is 0 Å². The second-order valence-corrected chi connectivity index (χ2v) is 1.51. The molecule has 0 saturated carbocycles. The minimum atomic E-state index is 0.264. The van der Waals surface area contributed by atoms with Crippen molar-refractivity contribution in [3.63, 3.8) is 0 Å². The first kappa shape index (κ1) is 4.71. The molecule has 0 aliphatic carbocycles. The average Bonchev–Trinajstić information content (AvgIpc) is 2.14. The van der Waals surface area contributed by atoms with Gasteiger partial charge in [0.2, 0.25) is 0 Å². The lowest BCUT2D eigenvalue weighted by Crippen LogP contribution is -2.12. The van der Waals surface area contributed by atoms with E-state index < -0.39 is 0 Å². The topological polar surface area (TPSA) is 34.0 Å². The number of azo groups is 1. The van der Waals surface area contributed by atoms with Gasteiger partial charge in [0.15, 0.2) is 0 Å². The van der Waals surface area contributed by atoms with Crippen molar-refractivity contribution in [1.29, 1.82) is 0 Å². The van der Waals surface area contributed by atoms with Gasteiger partial charge in [-0.05, 0) is 0 Å². The van der Waals surface area contributed by atoms with E-state index in [-0.39, 0.29) is 6.10 Å². The highest BCUT2D eigenvalue weighted by Gasteiger charge is 2.09. The summed E-state index contributed by atoms with van der Waals surface area (Å²) >= 11 is 0. The Kier molecular flexibility index (Phi) is 1.36. The van der Waals surface area contributed by atoms with Crippen LogP contribution in [0.15, 0.2) is 10.2 Å². The molecular formula is C4H8N2O. The number of methoxy groups -OCH3 is 1. The van der Waals surface area contributed by atoms with Crippen LogP contribution in [-0.2, 0) is 4.74 Å². The Morgan fingerprint density at radius 1 is 1.43 bits per heavy atom. The molecule has 0 bridgehead atoms. The molecule has 0 amide bonds. The van der Waals surface area contributed by atoms with E-state index in [0.717, 1.165) is 13.1 Å². The van der Waals surface area contributed by atoms with E-state index in [9.17, 15) is 0 Å². The van der Waals surface area contributed by atoms with E-state index in [4.69, 9.17) is 4.74 Å². The average molecular weight is 100 g/mol. The van der Waals surface area contributed by atoms with Crippen LogP contribution in [0.3, 0.4) is 0 Å². The summed E-state index contributed by atoms with van der Waals surface area (Å²) in [6, 6.07) is 0. The summed E-state index contributed by atoms with van der Waals surface area (Å²) in [5, 5.41) is 7.47. The van der Waals surface area contributed by atoms with Gasteiger partial charge in [-0.2, -0.15) is 10.2 Å². The van der Waals surface area contributed by atoms with Gasteiger partial charge < -0.3 is 4.74 Å². The van der Waals surface area contributed by atoms with Crippen molar-refractivity contribution < 1.29 is 4.74 Å². The molecule has 7 heavy (non-hydrogen) atoms. The number of ether oxygens (including phenoxy) is 1. The Labute approximate surface area is 42.4 Å². The van der Waals surface area contributed by atoms with E-state index in [0.29, 0.717) is 0 Å². The number of nitrogens with zero attached hydrogens (tertiary/aromatic N) is 2. The molecule has 0 aromatic carbocycles. The minimum absolute atomic E-state index is 0.264. The second kappa shape index (κ2) is 2.02. The Bertz CT molecular complexity index is 73.8. The molecular weight excluding hydrogens is 92.1 g/mol. The predicted molar refractivity (Wildman–Crippen MR) is 25.4 cm³/mol. The lowest BCUT2D eigenvalue weighted by molar-refractivity contribution is 0.128. The highest BCUT2D eigenvalue weighted by Crippen LogP contribution is 1.99. The highest BCUT2D eigenvalue weighted by atomic mass is 16.5. The van der Waals surface area contributed by atoms with E-state index in [1.807, 2.05) is 0 Å². The monoisotopic (exact) mass is 100 g/mol. The fraction of sp³-hybridized carbons (Fsp3) is 1.00. The first-order valence-corrected chi connectivity index (χ1v) is 2.29. The molecule has 0 N–H and O–H groups in total. The molecule has 0 radical (unpaired) electrons. The maximum atomic E-state index is 4.92. The SMILES string of the molecule is COC1CN=NC1. The fourth-order valence-corrected chi connectivity index (χ4v) is 0.504. The number of hydrogen-bond acceptors (Lipinski definition) is 3. The molecule has 0 aromatic rings. The van der Waals surface area contributed by atoms with Crippen molar-refractivity contribution in [2.75, 3.05) is 20.2 Å². The molecule has 0 atom stereocenters. The van der Waals surface area contributed by atoms with Crippen LogP contribution in [-0.4, -0.2) is 26.3 Å². The molecule has 3 nitrogen and oxygen atoms in total. The van der Waals surface area contributed by atoms with Gasteiger partial charge in [0.25, 0.3) is 0 Å². The molecule has 0 aromatic heterocycles. The van der Waals surface area contributed by atoms with Crippen molar-refractivity contribution in [3.05, 3.63) is 0 Å². The lowest BCUT2D eigenvalue weighted by Gasteiger charge is -1.99. The number of rotatable bonds is 1. The molecule has 40 valence electrons. The van der Waals surface area contributed by atoms with Gasteiger partial charge in [-0.15, -0.1) is 0 Å². The summed E-state index contributed by atoms with van der Waals surface area (Å²) in [7, 11) is 1.68. The summed E-state index contributed by atoms with van der Waals surface area (Å²) in [5.41, 5.74) is 0. The van der Waals surface area contributed by atoms with Gasteiger partial charge in [-0.3, -0.25) is 0 Å². The first-order valence-electron chi connectivity index (χ1n) is 2.29. The van der Waals surface area contributed by atoms with Crippen LogP contribution in [0.2, 0.25) is 0 Å². The molecule has 1 aliphatic heterocycles. The summed E-state index contributed by atoms with van der Waals surface area (Å²) in [5.74, 6) is 0. The van der Waals surface area contributed by atoms with Gasteiger partial charge in [-0.1, -0.05) is 0 Å². The van der Waals surface area contributed by atoms with Crippen LogP contribution in [0.4, 0.5) is 0 Å². The van der Waals surface area contributed by atoms with Crippen LogP contribution in [0, 0.1) is 0 Å². The summed E-state index contributed by atoms with van der Waals surface area (Å²) < 4.78 is 4.92. The first-order chi connectivity index (χ1) is 3.43. The maximum absolute atomic E-state index is 4.92. The quantitative estimate of drug-likeness (QED) is 0.471. The van der Waals surface area contributed by atoms with Crippen LogP contribution in [0.25, 0.3) is 0 Å². The van der Waals surface area contributed by atoms with Crippen molar-refractivity contribution in [2.24, 2.45) is 10.2 Å². The Morgan fingerprint density at radius 2 is 2.00 bits per heavy atom. The molecule has 0 spiro atoms. The number of hydrogen-bond donors (Lipinski definition) is 0. The molecule has 1 aliphatic rings. The minimum Gasteiger partial charge on any atom is -0.377 e. The van der Waals surface area contributed by atoms with Gasteiger partial charge >= 0.3 is 0 Å². The summed E-state index contributed by atoms with van der Waals surface area (Å²) in [6.45, 7) is 1.49. The largest absolute Gasteiger partial charge is 0.377 e. The van der Waals surface area contributed by atoms with Gasteiger partial charge in [0.05, 0.1) is 19.2 Å². The van der Waals surface area contributed by atoms with Crippen LogP contribution >= 0.6 is 0 Å². The molecule has 0 fully saturated rings. The third-order valence-electron chi connectivity index (χ3n) is 1.00. The maximum Gasteiger partial charge on any atom is 0.0997 e. The Morgan fingerprint density at radius 3 is 2.29 bits per heavy atom. The Balaban J connectivity index is 2.22. The van der Waals surface area contributed by atoms with Crippen LogP contribution in [0.1, 0.15) is 0 Å². The zero-order chi connectivity index (χ0) is 5.11. The molecule has 1 rings (SSSR count). The normalized spacial score (nSPS) is 21.3. The van der Waals surface area contributed by atoms with E-state index in [2.05, 4.69) is 10.2 Å². The van der Waals surface area contributed by atoms with E-state index >= 15 is 0 Å². The molecule has 0 saturated heterocycles. The van der Waals surface area contributed by atoms with E-state index in [1.54, 1.807) is 7.11 Å². The standard InChI is InChI=1S/C4H8N2O/c1-7-4-2-5-6-3-4/h4H,2-3H2,1H3. The van der Waals surface area contributed by atoms with Crippen molar-refractivity contribution in [1.82, 2.24) is 0 Å². The van der Waals surface area contributed by atoms with E-state index in [1.165, 1.54) is 0 Å². The fourth-order valence-electron chi connectivity index (χ4n) is 0.504. The summed E-state index contributed by atoms with van der Waals surface area (Å²) in [6.07, 6.45) is 0.264. The smallest absolute Gasteiger partial charge is 0.0997 e. The zero-order valence-electron chi connectivity index (χ0n) is 4.29. The van der Waals surface area contributed by atoms with Crippen molar-refractivity contribution >= 4 is 0 Å². The zero-order valence-corrected chi connectivity index (χ0v) is 4.29. The van der Waals surface area contributed by atoms with Gasteiger partial charge in [0, 0.05) is 7.11 Å². The molecule has 1 heterocycles. The third-order valence-corrected chi connectivity index (χ3v) is 1.00. The predicted octanol–water partition coefficient (Wildman–Crippen LogP) is 0.467. The third kappa shape index (κ3) is 0.962. The summed E-state index contributed by atoms with van der Waals surface area (Å²) in [4.78, 5) is 0. The Hall–Kier alpha value is -0.440. The lowest BCUT2D eigenvalue weighted by atomic mass is 10.4. The van der Waals surface area contributed by atoms with Crippen molar-refractivity contribution in [2.45, 2.75) is 6.10 Å². The molecule has 3 heteroatoms. The van der Waals surface area contributed by atoms with Crippen LogP contribution < -0.4 is 0 Å². The molecule has 0 unspecified atom stereocenters.